The Hall–Kier alpha value is -0.0800. The van der Waals surface area contributed by atoms with Crippen LogP contribution in [0, 0.1) is 0 Å². The van der Waals surface area contributed by atoms with Crippen molar-refractivity contribution in [3.8, 4) is 0 Å². The van der Waals surface area contributed by atoms with Crippen LogP contribution < -0.4 is 5.32 Å². The minimum absolute atomic E-state index is 0.406. The molecule has 0 radical (unpaired) electrons. The van der Waals surface area contributed by atoms with Gasteiger partial charge in [0, 0.05) is 12.6 Å². The second kappa shape index (κ2) is 3.18. The summed E-state index contributed by atoms with van der Waals surface area (Å²) in [5, 5.41) is 3.23. The van der Waals surface area contributed by atoms with Gasteiger partial charge in [-0.25, -0.2) is 0 Å². The van der Waals surface area contributed by atoms with E-state index in [1.54, 1.807) is 0 Å². The van der Waals surface area contributed by atoms with Gasteiger partial charge in [0.25, 0.3) is 0 Å². The molecule has 0 aromatic rings. The van der Waals surface area contributed by atoms with E-state index < -0.39 is 0 Å². The third-order valence-electron chi connectivity index (χ3n) is 1.98. The van der Waals surface area contributed by atoms with Gasteiger partial charge in [0.15, 0.2) is 0 Å². The fourth-order valence-corrected chi connectivity index (χ4v) is 1.30. The zero-order valence-electron chi connectivity index (χ0n) is 6.18. The second-order valence-corrected chi connectivity index (χ2v) is 2.61. The van der Waals surface area contributed by atoms with E-state index in [9.17, 15) is 0 Å². The van der Waals surface area contributed by atoms with E-state index in [0.29, 0.717) is 12.1 Å². The fraction of sp³-hybridized carbons (Fsp3) is 1.00. The summed E-state index contributed by atoms with van der Waals surface area (Å²) in [6, 6.07) is 0.582. The van der Waals surface area contributed by atoms with Crippen LogP contribution in [0.3, 0.4) is 0 Å². The second-order valence-electron chi connectivity index (χ2n) is 2.61. The maximum atomic E-state index is 5.42. The van der Waals surface area contributed by atoms with Gasteiger partial charge < -0.3 is 10.1 Å². The molecule has 2 nitrogen and oxygen atoms in total. The van der Waals surface area contributed by atoms with Crippen molar-refractivity contribution < 1.29 is 4.74 Å². The van der Waals surface area contributed by atoms with Crippen LogP contribution in [0.1, 0.15) is 19.8 Å². The Morgan fingerprint density at radius 2 is 2.33 bits per heavy atom. The number of hydrogen-bond donors (Lipinski definition) is 1. The highest BCUT2D eigenvalue weighted by molar-refractivity contribution is 4.75. The summed E-state index contributed by atoms with van der Waals surface area (Å²) in [4.78, 5) is 0. The molecule has 1 rings (SSSR count). The number of likely N-dealkylation sites (N-methyl/N-ethyl adjacent to an activating group) is 1. The van der Waals surface area contributed by atoms with Crippen LogP contribution in [0.25, 0.3) is 0 Å². The van der Waals surface area contributed by atoms with Crippen molar-refractivity contribution >= 4 is 0 Å². The summed E-state index contributed by atoms with van der Waals surface area (Å²) < 4.78 is 5.42. The highest BCUT2D eigenvalue weighted by Gasteiger charge is 2.19. The summed E-state index contributed by atoms with van der Waals surface area (Å²) in [6.45, 7) is 3.07. The molecule has 1 heterocycles. The molecule has 9 heavy (non-hydrogen) atoms. The predicted molar refractivity (Wildman–Crippen MR) is 37.5 cm³/mol. The Balaban J connectivity index is 2.30. The van der Waals surface area contributed by atoms with Gasteiger partial charge in [-0.15, -0.1) is 0 Å². The molecule has 0 aromatic heterocycles. The predicted octanol–water partition coefficient (Wildman–Crippen LogP) is 0.773. The summed E-state index contributed by atoms with van der Waals surface area (Å²) in [6.07, 6.45) is 2.87. The van der Waals surface area contributed by atoms with Crippen LogP contribution in [0.15, 0.2) is 0 Å². The molecule has 2 atom stereocenters. The zero-order chi connectivity index (χ0) is 6.69. The molecule has 1 fully saturated rings. The SMILES string of the molecule is CNC1CCCOC1C. The molecule has 1 N–H and O–H groups in total. The first-order valence-corrected chi connectivity index (χ1v) is 3.63. The molecule has 0 aromatic carbocycles. The summed E-state index contributed by atoms with van der Waals surface area (Å²) >= 11 is 0. The van der Waals surface area contributed by atoms with Gasteiger partial charge in [-0.1, -0.05) is 0 Å². The fourth-order valence-electron chi connectivity index (χ4n) is 1.30. The molecule has 2 unspecified atom stereocenters. The largest absolute Gasteiger partial charge is 0.377 e. The maximum Gasteiger partial charge on any atom is 0.0699 e. The lowest BCUT2D eigenvalue weighted by Crippen LogP contribution is -2.40. The molecule has 2 heteroatoms. The van der Waals surface area contributed by atoms with Crippen molar-refractivity contribution in [2.75, 3.05) is 13.7 Å². The van der Waals surface area contributed by atoms with Gasteiger partial charge >= 0.3 is 0 Å². The molecule has 54 valence electrons. The van der Waals surface area contributed by atoms with Gasteiger partial charge in [0.1, 0.15) is 0 Å². The molecule has 1 saturated heterocycles. The topological polar surface area (TPSA) is 21.3 Å². The van der Waals surface area contributed by atoms with Gasteiger partial charge in [-0.05, 0) is 26.8 Å². The van der Waals surface area contributed by atoms with E-state index in [0.717, 1.165) is 6.61 Å². The molecular weight excluding hydrogens is 114 g/mol. The Kier molecular flexibility index (Phi) is 2.49. The third kappa shape index (κ3) is 1.66. The van der Waals surface area contributed by atoms with Crippen molar-refractivity contribution in [1.29, 1.82) is 0 Å². The van der Waals surface area contributed by atoms with Crippen LogP contribution in [0.4, 0.5) is 0 Å². The molecule has 0 amide bonds. The normalized spacial score (nSPS) is 36.7. The summed E-state index contributed by atoms with van der Waals surface area (Å²) in [5.74, 6) is 0. The van der Waals surface area contributed by atoms with Crippen LogP contribution in [0.2, 0.25) is 0 Å². The Morgan fingerprint density at radius 3 is 2.78 bits per heavy atom. The first-order chi connectivity index (χ1) is 4.34. The Morgan fingerprint density at radius 1 is 1.56 bits per heavy atom. The molecular formula is C7H15NO. The standard InChI is InChI=1S/C7H15NO/c1-6-7(8-2)4-3-5-9-6/h6-8H,3-5H2,1-2H3. The van der Waals surface area contributed by atoms with Crippen molar-refractivity contribution in [3.63, 3.8) is 0 Å². The quantitative estimate of drug-likeness (QED) is 0.564. The zero-order valence-corrected chi connectivity index (χ0v) is 6.18. The monoisotopic (exact) mass is 129 g/mol. The minimum atomic E-state index is 0.406. The highest BCUT2D eigenvalue weighted by atomic mass is 16.5. The van der Waals surface area contributed by atoms with Crippen LogP contribution in [-0.4, -0.2) is 25.8 Å². The van der Waals surface area contributed by atoms with E-state index in [1.807, 2.05) is 7.05 Å². The molecule has 0 spiro atoms. The summed E-state index contributed by atoms with van der Waals surface area (Å²) in [7, 11) is 2.00. The van der Waals surface area contributed by atoms with Crippen molar-refractivity contribution in [2.45, 2.75) is 31.9 Å². The number of hydrogen-bond acceptors (Lipinski definition) is 2. The van der Waals surface area contributed by atoms with E-state index in [4.69, 9.17) is 4.74 Å². The molecule has 1 aliphatic rings. The van der Waals surface area contributed by atoms with Crippen LogP contribution in [0.5, 0.6) is 0 Å². The number of nitrogens with one attached hydrogen (secondary N) is 1. The first kappa shape index (κ1) is 7.03. The maximum absolute atomic E-state index is 5.42. The van der Waals surface area contributed by atoms with Crippen LogP contribution in [-0.2, 0) is 4.74 Å². The van der Waals surface area contributed by atoms with E-state index in [1.165, 1.54) is 12.8 Å². The molecule has 0 saturated carbocycles. The lowest BCUT2D eigenvalue weighted by atomic mass is 10.0. The van der Waals surface area contributed by atoms with Crippen molar-refractivity contribution in [2.24, 2.45) is 0 Å². The molecule has 1 aliphatic heterocycles. The highest BCUT2D eigenvalue weighted by Crippen LogP contribution is 2.12. The van der Waals surface area contributed by atoms with Crippen molar-refractivity contribution in [1.82, 2.24) is 5.32 Å². The minimum Gasteiger partial charge on any atom is -0.377 e. The first-order valence-electron chi connectivity index (χ1n) is 3.63. The number of ether oxygens (including phenoxy) is 1. The van der Waals surface area contributed by atoms with E-state index in [2.05, 4.69) is 12.2 Å². The molecule has 0 bridgehead atoms. The van der Waals surface area contributed by atoms with E-state index in [-0.39, 0.29) is 0 Å². The smallest absolute Gasteiger partial charge is 0.0699 e. The Bertz CT molecular complexity index is 85.0. The van der Waals surface area contributed by atoms with Crippen LogP contribution >= 0.6 is 0 Å². The van der Waals surface area contributed by atoms with Gasteiger partial charge in [0.05, 0.1) is 6.10 Å². The average molecular weight is 129 g/mol. The lowest BCUT2D eigenvalue weighted by Gasteiger charge is -2.28. The lowest BCUT2D eigenvalue weighted by molar-refractivity contribution is 0.00511. The Labute approximate surface area is 56.6 Å². The van der Waals surface area contributed by atoms with Gasteiger partial charge in [0.2, 0.25) is 0 Å². The number of rotatable bonds is 1. The molecule has 0 aliphatic carbocycles. The summed E-state index contributed by atoms with van der Waals surface area (Å²) in [5.41, 5.74) is 0. The van der Waals surface area contributed by atoms with E-state index >= 15 is 0 Å². The van der Waals surface area contributed by atoms with Gasteiger partial charge in [-0.2, -0.15) is 0 Å². The van der Waals surface area contributed by atoms with Crippen molar-refractivity contribution in [3.05, 3.63) is 0 Å². The third-order valence-corrected chi connectivity index (χ3v) is 1.98. The average Bonchev–Trinajstić information content (AvgIpc) is 1.89. The van der Waals surface area contributed by atoms with Gasteiger partial charge in [-0.3, -0.25) is 0 Å².